The molecule has 2 rings (SSSR count). The van der Waals surface area contributed by atoms with Crippen molar-refractivity contribution >= 4 is 6.03 Å². The Hall–Kier alpha value is -1.95. The summed E-state index contributed by atoms with van der Waals surface area (Å²) in [5.41, 5.74) is 1.02. The van der Waals surface area contributed by atoms with Gasteiger partial charge in [0.05, 0.1) is 6.10 Å². The maximum absolute atomic E-state index is 12.2. The molecule has 1 aromatic rings. The first-order valence-electron chi connectivity index (χ1n) is 8.13. The molecule has 0 atom stereocenters. The molecule has 2 amide bonds. The van der Waals surface area contributed by atoms with Gasteiger partial charge < -0.3 is 24.4 Å². The number of rotatable bonds is 8. The van der Waals surface area contributed by atoms with Crippen LogP contribution in [0.25, 0.3) is 0 Å². The summed E-state index contributed by atoms with van der Waals surface area (Å²) in [7, 11) is 0. The molecule has 0 saturated carbocycles. The van der Waals surface area contributed by atoms with Gasteiger partial charge in [0.2, 0.25) is 6.79 Å². The summed E-state index contributed by atoms with van der Waals surface area (Å²) in [6.45, 7) is 8.69. The van der Waals surface area contributed by atoms with Crippen molar-refractivity contribution in [2.24, 2.45) is 0 Å². The van der Waals surface area contributed by atoms with Crippen molar-refractivity contribution in [2.45, 2.75) is 39.8 Å². The number of fused-ring (bicyclic) bond motifs is 1. The van der Waals surface area contributed by atoms with E-state index in [0.29, 0.717) is 26.2 Å². The molecule has 0 fully saturated rings. The van der Waals surface area contributed by atoms with Crippen molar-refractivity contribution in [1.29, 1.82) is 0 Å². The van der Waals surface area contributed by atoms with Gasteiger partial charge in [-0.15, -0.1) is 0 Å². The minimum atomic E-state index is -0.0605. The number of hydrogen-bond donors (Lipinski definition) is 1. The van der Waals surface area contributed by atoms with E-state index >= 15 is 0 Å². The fourth-order valence-corrected chi connectivity index (χ4v) is 2.29. The maximum Gasteiger partial charge on any atom is 0.317 e. The summed E-state index contributed by atoms with van der Waals surface area (Å²) < 4.78 is 16.1. The first-order chi connectivity index (χ1) is 11.1. The van der Waals surface area contributed by atoms with Gasteiger partial charge in [-0.3, -0.25) is 0 Å². The lowest BCUT2D eigenvalue weighted by Gasteiger charge is -2.21. The van der Waals surface area contributed by atoms with Crippen LogP contribution in [0, 0.1) is 0 Å². The third-order valence-corrected chi connectivity index (χ3v) is 3.53. The second kappa shape index (κ2) is 8.62. The van der Waals surface area contributed by atoms with E-state index in [1.165, 1.54) is 0 Å². The fourth-order valence-electron chi connectivity index (χ4n) is 2.29. The Bertz CT molecular complexity index is 519. The van der Waals surface area contributed by atoms with Crippen LogP contribution in [0.1, 0.15) is 32.8 Å². The van der Waals surface area contributed by atoms with Gasteiger partial charge >= 0.3 is 6.03 Å². The zero-order valence-electron chi connectivity index (χ0n) is 14.1. The quantitative estimate of drug-likeness (QED) is 0.748. The van der Waals surface area contributed by atoms with Crippen LogP contribution in [0.4, 0.5) is 4.79 Å². The maximum atomic E-state index is 12.2. The topological polar surface area (TPSA) is 60.0 Å². The van der Waals surface area contributed by atoms with Crippen molar-refractivity contribution in [3.63, 3.8) is 0 Å². The highest BCUT2D eigenvalue weighted by Crippen LogP contribution is 2.32. The van der Waals surface area contributed by atoms with Crippen molar-refractivity contribution in [1.82, 2.24) is 10.2 Å². The van der Waals surface area contributed by atoms with Crippen LogP contribution < -0.4 is 14.8 Å². The van der Waals surface area contributed by atoms with E-state index in [4.69, 9.17) is 14.2 Å². The third kappa shape index (κ3) is 5.32. The smallest absolute Gasteiger partial charge is 0.317 e. The van der Waals surface area contributed by atoms with E-state index in [9.17, 15) is 4.79 Å². The van der Waals surface area contributed by atoms with Crippen LogP contribution in [0.15, 0.2) is 18.2 Å². The van der Waals surface area contributed by atoms with Crippen LogP contribution in [0.3, 0.4) is 0 Å². The average molecular weight is 322 g/mol. The van der Waals surface area contributed by atoms with Crippen LogP contribution in [-0.2, 0) is 11.3 Å². The molecule has 0 aliphatic carbocycles. The number of carbonyl (C=O) groups is 1. The van der Waals surface area contributed by atoms with E-state index < -0.39 is 0 Å². The summed E-state index contributed by atoms with van der Waals surface area (Å²) >= 11 is 0. The molecule has 1 N–H and O–H groups in total. The van der Waals surface area contributed by atoms with E-state index in [-0.39, 0.29) is 18.9 Å². The van der Waals surface area contributed by atoms with Crippen LogP contribution >= 0.6 is 0 Å². The molecule has 1 aliphatic rings. The predicted octanol–water partition coefficient (Wildman–Crippen LogP) is 2.76. The van der Waals surface area contributed by atoms with Gasteiger partial charge in [-0.25, -0.2) is 4.79 Å². The zero-order valence-corrected chi connectivity index (χ0v) is 14.1. The van der Waals surface area contributed by atoms with Gasteiger partial charge in [0.15, 0.2) is 11.5 Å². The Labute approximate surface area is 137 Å². The van der Waals surface area contributed by atoms with Crippen molar-refractivity contribution in [3.05, 3.63) is 23.8 Å². The van der Waals surface area contributed by atoms with E-state index in [0.717, 1.165) is 23.5 Å². The minimum Gasteiger partial charge on any atom is -0.454 e. The highest BCUT2D eigenvalue weighted by Gasteiger charge is 2.16. The first kappa shape index (κ1) is 17.4. The predicted molar refractivity (Wildman–Crippen MR) is 87.8 cm³/mol. The molecule has 0 saturated heterocycles. The molecule has 6 nitrogen and oxygen atoms in total. The highest BCUT2D eigenvalue weighted by atomic mass is 16.7. The molecule has 6 heteroatoms. The number of ether oxygens (including phenoxy) is 3. The van der Waals surface area contributed by atoms with E-state index in [2.05, 4.69) is 5.32 Å². The Balaban J connectivity index is 1.78. The first-order valence-corrected chi connectivity index (χ1v) is 8.13. The lowest BCUT2D eigenvalue weighted by atomic mass is 10.2. The average Bonchev–Trinajstić information content (AvgIpc) is 2.99. The van der Waals surface area contributed by atoms with Gasteiger partial charge in [-0.2, -0.15) is 0 Å². The lowest BCUT2D eigenvalue weighted by Crippen LogP contribution is -2.40. The number of benzene rings is 1. The molecule has 0 bridgehead atoms. The van der Waals surface area contributed by atoms with Gasteiger partial charge in [-0.1, -0.05) is 6.07 Å². The molecule has 0 aromatic heterocycles. The Morgan fingerprint density at radius 3 is 2.87 bits per heavy atom. The Morgan fingerprint density at radius 1 is 1.35 bits per heavy atom. The monoisotopic (exact) mass is 322 g/mol. The second-order valence-electron chi connectivity index (χ2n) is 5.71. The van der Waals surface area contributed by atoms with E-state index in [1.807, 2.05) is 39.0 Å². The SMILES string of the molecule is CCN(Cc1ccc2c(c1)OCO2)C(=O)NCCCOC(C)C. The van der Waals surface area contributed by atoms with Crippen LogP contribution in [-0.4, -0.2) is 43.5 Å². The van der Waals surface area contributed by atoms with Crippen molar-refractivity contribution in [2.75, 3.05) is 26.5 Å². The van der Waals surface area contributed by atoms with E-state index in [1.54, 1.807) is 4.90 Å². The molecule has 1 aliphatic heterocycles. The normalized spacial score (nSPS) is 12.5. The van der Waals surface area contributed by atoms with Crippen LogP contribution in [0.5, 0.6) is 11.5 Å². The zero-order chi connectivity index (χ0) is 16.7. The molecule has 0 spiro atoms. The summed E-state index contributed by atoms with van der Waals surface area (Å²) in [5, 5.41) is 2.93. The van der Waals surface area contributed by atoms with Gasteiger partial charge in [0.1, 0.15) is 0 Å². The standard InChI is InChI=1S/C17H26N2O4/c1-4-19(17(20)18-8-5-9-21-13(2)3)11-14-6-7-15-16(10-14)23-12-22-15/h6-7,10,13H,4-5,8-9,11-12H2,1-3H3,(H,18,20). The largest absolute Gasteiger partial charge is 0.454 e. The van der Waals surface area contributed by atoms with Crippen LogP contribution in [0.2, 0.25) is 0 Å². The third-order valence-electron chi connectivity index (χ3n) is 3.53. The number of amides is 2. The molecule has 23 heavy (non-hydrogen) atoms. The van der Waals surface area contributed by atoms with Gasteiger partial charge in [-0.05, 0) is 44.9 Å². The number of carbonyl (C=O) groups excluding carboxylic acids is 1. The number of hydrogen-bond acceptors (Lipinski definition) is 4. The molecule has 1 aromatic carbocycles. The minimum absolute atomic E-state index is 0.0605. The molecule has 128 valence electrons. The Kier molecular flexibility index (Phi) is 6.52. The van der Waals surface area contributed by atoms with Gasteiger partial charge in [0, 0.05) is 26.2 Å². The summed E-state index contributed by atoms with van der Waals surface area (Å²) in [5.74, 6) is 1.50. The fraction of sp³-hybridized carbons (Fsp3) is 0.588. The summed E-state index contributed by atoms with van der Waals surface area (Å²) in [4.78, 5) is 14.0. The van der Waals surface area contributed by atoms with Crippen molar-refractivity contribution < 1.29 is 19.0 Å². The number of urea groups is 1. The lowest BCUT2D eigenvalue weighted by molar-refractivity contribution is 0.0771. The summed E-state index contributed by atoms with van der Waals surface area (Å²) in [6.07, 6.45) is 1.04. The molecule has 0 unspecified atom stereocenters. The highest BCUT2D eigenvalue weighted by molar-refractivity contribution is 5.74. The molecular formula is C17H26N2O4. The number of nitrogens with one attached hydrogen (secondary N) is 1. The molecule has 0 radical (unpaired) electrons. The van der Waals surface area contributed by atoms with Gasteiger partial charge in [0.25, 0.3) is 0 Å². The van der Waals surface area contributed by atoms with Crippen molar-refractivity contribution in [3.8, 4) is 11.5 Å². The molecular weight excluding hydrogens is 296 g/mol. The second-order valence-corrected chi connectivity index (χ2v) is 5.71. The molecule has 1 heterocycles. The number of nitrogens with zero attached hydrogens (tertiary/aromatic N) is 1. The summed E-state index contributed by atoms with van der Waals surface area (Å²) in [6, 6.07) is 5.70. The Morgan fingerprint density at radius 2 is 2.13 bits per heavy atom.